The molecule has 0 saturated carbocycles. The maximum absolute atomic E-state index is 12.0. The van der Waals surface area contributed by atoms with Gasteiger partial charge in [0, 0.05) is 11.1 Å². The third-order valence-electron chi connectivity index (χ3n) is 1.99. The van der Waals surface area contributed by atoms with Crippen molar-refractivity contribution in [1.82, 2.24) is 0 Å². The van der Waals surface area contributed by atoms with Crippen molar-refractivity contribution >= 4 is 23.2 Å². The van der Waals surface area contributed by atoms with Crippen LogP contribution in [0.5, 0.6) is 0 Å². The molecule has 0 spiro atoms. The van der Waals surface area contributed by atoms with Gasteiger partial charge in [0.1, 0.15) is 0 Å². The van der Waals surface area contributed by atoms with E-state index in [2.05, 4.69) is 0 Å². The van der Waals surface area contributed by atoms with E-state index >= 15 is 0 Å². The van der Waals surface area contributed by atoms with Crippen LogP contribution < -0.4 is 5.32 Å². The van der Waals surface area contributed by atoms with Crippen LogP contribution in [0.3, 0.4) is 0 Å². The number of anilines is 1. The molecule has 0 bridgehead atoms. The van der Waals surface area contributed by atoms with E-state index in [4.69, 9.17) is 11.6 Å². The predicted molar refractivity (Wildman–Crippen MR) is 60.1 cm³/mol. The SMILES string of the molecule is CC(Cl)Cc1ccc(NC(=O)C(F)(F)F)cc1. The first-order valence-corrected chi connectivity index (χ1v) is 5.34. The summed E-state index contributed by atoms with van der Waals surface area (Å²) in [5.74, 6) is -1.98. The average Bonchev–Trinajstić information content (AvgIpc) is 2.18. The van der Waals surface area contributed by atoms with E-state index in [0.29, 0.717) is 6.42 Å². The van der Waals surface area contributed by atoms with E-state index in [9.17, 15) is 18.0 Å². The Morgan fingerprint density at radius 1 is 1.35 bits per heavy atom. The van der Waals surface area contributed by atoms with Crippen LogP contribution in [0, 0.1) is 0 Å². The Bertz CT molecular complexity index is 387. The minimum absolute atomic E-state index is 0.0504. The molecule has 17 heavy (non-hydrogen) atoms. The fourth-order valence-corrected chi connectivity index (χ4v) is 1.43. The zero-order valence-electron chi connectivity index (χ0n) is 9.01. The van der Waals surface area contributed by atoms with Crippen molar-refractivity contribution in [3.05, 3.63) is 29.8 Å². The van der Waals surface area contributed by atoms with Gasteiger partial charge >= 0.3 is 12.1 Å². The van der Waals surface area contributed by atoms with Gasteiger partial charge < -0.3 is 5.32 Å². The van der Waals surface area contributed by atoms with Crippen LogP contribution >= 0.6 is 11.6 Å². The summed E-state index contributed by atoms with van der Waals surface area (Å²) in [5.41, 5.74) is 1.01. The highest BCUT2D eigenvalue weighted by Crippen LogP contribution is 2.19. The van der Waals surface area contributed by atoms with Crippen LogP contribution in [0.15, 0.2) is 24.3 Å². The smallest absolute Gasteiger partial charge is 0.318 e. The second-order valence-corrected chi connectivity index (χ2v) is 4.38. The number of hydrogen-bond donors (Lipinski definition) is 1. The lowest BCUT2D eigenvalue weighted by molar-refractivity contribution is -0.167. The van der Waals surface area contributed by atoms with Crippen molar-refractivity contribution in [3.8, 4) is 0 Å². The van der Waals surface area contributed by atoms with Gasteiger partial charge in [-0.3, -0.25) is 4.79 Å². The van der Waals surface area contributed by atoms with Gasteiger partial charge in [0.05, 0.1) is 0 Å². The van der Waals surface area contributed by atoms with Gasteiger partial charge in [0.25, 0.3) is 0 Å². The highest BCUT2D eigenvalue weighted by Gasteiger charge is 2.38. The first-order valence-electron chi connectivity index (χ1n) is 4.90. The summed E-state index contributed by atoms with van der Waals surface area (Å²) in [6, 6.07) is 6.09. The van der Waals surface area contributed by atoms with E-state index in [0.717, 1.165) is 5.56 Å². The van der Waals surface area contributed by atoms with Crippen molar-refractivity contribution < 1.29 is 18.0 Å². The van der Waals surface area contributed by atoms with Crippen molar-refractivity contribution in [2.75, 3.05) is 5.32 Å². The largest absolute Gasteiger partial charge is 0.471 e. The van der Waals surface area contributed by atoms with Crippen LogP contribution in [0.4, 0.5) is 18.9 Å². The normalized spacial score (nSPS) is 13.2. The maximum atomic E-state index is 12.0. The van der Waals surface area contributed by atoms with Gasteiger partial charge in [-0.25, -0.2) is 0 Å². The Morgan fingerprint density at radius 2 is 1.88 bits per heavy atom. The number of halogens is 4. The standard InChI is InChI=1S/C11H11ClF3NO/c1-7(12)6-8-2-4-9(5-3-8)16-10(17)11(13,14)15/h2-5,7H,6H2,1H3,(H,16,17). The molecular formula is C11H11ClF3NO. The van der Waals surface area contributed by atoms with E-state index in [1.54, 1.807) is 17.4 Å². The number of carbonyl (C=O) groups excluding carboxylic acids is 1. The molecular weight excluding hydrogens is 255 g/mol. The van der Waals surface area contributed by atoms with Crippen LogP contribution in [-0.4, -0.2) is 17.5 Å². The van der Waals surface area contributed by atoms with Crippen molar-refractivity contribution in [1.29, 1.82) is 0 Å². The Balaban J connectivity index is 2.66. The van der Waals surface area contributed by atoms with Gasteiger partial charge in [-0.15, -0.1) is 11.6 Å². The summed E-state index contributed by atoms with van der Waals surface area (Å²) in [6.45, 7) is 1.82. The monoisotopic (exact) mass is 265 g/mol. The summed E-state index contributed by atoms with van der Waals surface area (Å²) in [7, 11) is 0. The molecule has 1 rings (SSSR count). The zero-order valence-corrected chi connectivity index (χ0v) is 9.77. The van der Waals surface area contributed by atoms with Gasteiger partial charge in [-0.05, 0) is 31.0 Å². The predicted octanol–water partition coefficient (Wildman–Crippen LogP) is 3.36. The van der Waals surface area contributed by atoms with Gasteiger partial charge in [0.2, 0.25) is 0 Å². The molecule has 0 fully saturated rings. The summed E-state index contributed by atoms with van der Waals surface area (Å²) in [5, 5.41) is 1.72. The Morgan fingerprint density at radius 3 is 2.29 bits per heavy atom. The number of alkyl halides is 4. The number of hydrogen-bond acceptors (Lipinski definition) is 1. The highest BCUT2D eigenvalue weighted by molar-refractivity contribution is 6.20. The third-order valence-corrected chi connectivity index (χ3v) is 2.14. The third kappa shape index (κ3) is 4.65. The van der Waals surface area contributed by atoms with E-state index in [1.807, 2.05) is 6.92 Å². The molecule has 1 atom stereocenters. The maximum Gasteiger partial charge on any atom is 0.471 e. The molecule has 2 nitrogen and oxygen atoms in total. The van der Waals surface area contributed by atoms with Crippen molar-refractivity contribution in [3.63, 3.8) is 0 Å². The lowest BCUT2D eigenvalue weighted by atomic mass is 10.1. The number of nitrogens with one attached hydrogen (secondary N) is 1. The first-order chi connectivity index (χ1) is 7.79. The summed E-state index contributed by atoms with van der Waals surface area (Å²) in [4.78, 5) is 10.6. The molecule has 0 aliphatic carbocycles. The van der Waals surface area contributed by atoms with E-state index in [-0.39, 0.29) is 11.1 Å². The molecule has 0 heterocycles. The lowest BCUT2D eigenvalue weighted by Gasteiger charge is -2.09. The molecule has 1 aromatic carbocycles. The summed E-state index contributed by atoms with van der Waals surface area (Å²) in [6.07, 6.45) is -4.25. The molecule has 0 saturated heterocycles. The molecule has 0 aliphatic rings. The Kier molecular flexibility index (Phi) is 4.40. The summed E-state index contributed by atoms with van der Waals surface area (Å²) < 4.78 is 35.9. The van der Waals surface area contributed by atoms with Crippen LogP contribution in [-0.2, 0) is 11.2 Å². The number of carbonyl (C=O) groups is 1. The lowest BCUT2D eigenvalue weighted by Crippen LogP contribution is -2.29. The van der Waals surface area contributed by atoms with E-state index in [1.165, 1.54) is 12.1 Å². The molecule has 1 aromatic rings. The van der Waals surface area contributed by atoms with Crippen LogP contribution in [0.2, 0.25) is 0 Å². The fourth-order valence-electron chi connectivity index (χ4n) is 1.25. The average molecular weight is 266 g/mol. The minimum atomic E-state index is -4.87. The quantitative estimate of drug-likeness (QED) is 0.835. The van der Waals surface area contributed by atoms with Gasteiger partial charge in [-0.1, -0.05) is 12.1 Å². The molecule has 0 radical (unpaired) electrons. The van der Waals surface area contributed by atoms with Crippen molar-refractivity contribution in [2.45, 2.75) is 24.9 Å². The Hall–Kier alpha value is -1.23. The van der Waals surface area contributed by atoms with Gasteiger partial charge in [0.15, 0.2) is 0 Å². The minimum Gasteiger partial charge on any atom is -0.318 e. The molecule has 0 aromatic heterocycles. The number of amides is 1. The first kappa shape index (κ1) is 13.8. The van der Waals surface area contributed by atoms with Crippen LogP contribution in [0.1, 0.15) is 12.5 Å². The van der Waals surface area contributed by atoms with Gasteiger partial charge in [-0.2, -0.15) is 13.2 Å². The van der Waals surface area contributed by atoms with Crippen molar-refractivity contribution in [2.24, 2.45) is 0 Å². The topological polar surface area (TPSA) is 29.1 Å². The highest BCUT2D eigenvalue weighted by atomic mass is 35.5. The zero-order chi connectivity index (χ0) is 13.1. The van der Waals surface area contributed by atoms with Crippen LogP contribution in [0.25, 0.3) is 0 Å². The second-order valence-electron chi connectivity index (χ2n) is 3.63. The summed E-state index contributed by atoms with van der Waals surface area (Å²) >= 11 is 5.78. The molecule has 0 aliphatic heterocycles. The number of rotatable bonds is 3. The molecule has 6 heteroatoms. The Labute approximate surface area is 102 Å². The van der Waals surface area contributed by atoms with E-state index < -0.39 is 12.1 Å². The molecule has 94 valence electrons. The molecule has 1 unspecified atom stereocenters. The fraction of sp³-hybridized carbons (Fsp3) is 0.364. The molecule has 1 N–H and O–H groups in total. The number of benzene rings is 1. The molecule has 1 amide bonds. The second kappa shape index (κ2) is 5.40.